The monoisotopic (exact) mass is 511 g/mol. The lowest BCUT2D eigenvalue weighted by molar-refractivity contribution is 0.417. The molecule has 0 spiro atoms. The topological polar surface area (TPSA) is 88.5 Å². The summed E-state index contributed by atoms with van der Waals surface area (Å²) in [4.78, 5) is 6.69. The molecule has 1 aliphatic carbocycles. The number of hydrogen-bond acceptors (Lipinski definition) is 5. The number of ether oxygens (including phenoxy) is 1. The van der Waals surface area contributed by atoms with Gasteiger partial charge in [-0.05, 0) is 80.9 Å². The zero-order valence-electron chi connectivity index (χ0n) is 20.1. The number of thiocarbonyl (C=S) groups is 1. The molecule has 3 heterocycles. The Kier molecular flexibility index (Phi) is 5.96. The molecule has 1 aliphatic heterocycles. The molecular weight excluding hydrogens is 482 g/mol. The Morgan fingerprint density at radius 3 is 2.57 bits per heavy atom. The lowest BCUT2D eigenvalue weighted by Crippen LogP contribution is -2.29. The van der Waals surface area contributed by atoms with Gasteiger partial charge in [0.15, 0.2) is 5.11 Å². The standard InChI is InChI=1S/C25H29N5O3S2/c1-15-13-19(16(2)29(15)17-8-9-17)24-23(20-7-5-6-12-26-20)27-25(34)30(24)18-10-11-22(33-3)21(14-18)28-35(4,31)32/h5-7,10-14,17,23-24,28H,8-9H2,1-4H3,(H,27,34)/t23-,24-/m0/s1. The summed E-state index contributed by atoms with van der Waals surface area (Å²) in [7, 11) is -1.99. The van der Waals surface area contributed by atoms with Crippen LogP contribution in [0.4, 0.5) is 11.4 Å². The van der Waals surface area contributed by atoms with Crippen LogP contribution < -0.4 is 19.7 Å². The molecule has 5 rings (SSSR count). The van der Waals surface area contributed by atoms with E-state index in [1.807, 2.05) is 24.3 Å². The first-order valence-electron chi connectivity index (χ1n) is 11.5. The summed E-state index contributed by atoms with van der Waals surface area (Å²) >= 11 is 5.85. The minimum atomic E-state index is -3.50. The third-order valence-corrected chi connectivity index (χ3v) is 7.51. The van der Waals surface area contributed by atoms with Crippen molar-refractivity contribution in [3.05, 3.63) is 71.3 Å². The van der Waals surface area contributed by atoms with Gasteiger partial charge in [-0.25, -0.2) is 8.42 Å². The molecule has 0 unspecified atom stereocenters. The zero-order valence-corrected chi connectivity index (χ0v) is 21.8. The predicted octanol–water partition coefficient (Wildman–Crippen LogP) is 4.39. The molecule has 35 heavy (non-hydrogen) atoms. The molecule has 2 fully saturated rings. The van der Waals surface area contributed by atoms with Crippen molar-refractivity contribution in [1.29, 1.82) is 0 Å². The molecule has 0 radical (unpaired) electrons. The van der Waals surface area contributed by atoms with Crippen molar-refractivity contribution >= 4 is 38.7 Å². The molecule has 0 amide bonds. The molecular formula is C25H29N5O3S2. The Bertz CT molecular complexity index is 1380. The van der Waals surface area contributed by atoms with E-state index >= 15 is 0 Å². The molecule has 184 valence electrons. The van der Waals surface area contributed by atoms with Crippen LogP contribution >= 0.6 is 12.2 Å². The van der Waals surface area contributed by atoms with Gasteiger partial charge in [0, 0.05) is 29.3 Å². The molecule has 1 aromatic carbocycles. The minimum Gasteiger partial charge on any atom is -0.495 e. The van der Waals surface area contributed by atoms with Gasteiger partial charge < -0.3 is 19.5 Å². The maximum absolute atomic E-state index is 12.0. The van der Waals surface area contributed by atoms with Crippen LogP contribution in [0.15, 0.2) is 48.7 Å². The first-order chi connectivity index (χ1) is 16.7. The third kappa shape index (κ3) is 4.48. The number of pyridine rings is 1. The highest BCUT2D eigenvalue weighted by Gasteiger charge is 2.43. The summed E-state index contributed by atoms with van der Waals surface area (Å²) in [6, 6.07) is 13.7. The molecule has 10 heteroatoms. The largest absolute Gasteiger partial charge is 0.495 e. The van der Waals surface area contributed by atoms with Crippen molar-refractivity contribution in [2.24, 2.45) is 0 Å². The fourth-order valence-corrected chi connectivity index (χ4v) is 5.98. The highest BCUT2D eigenvalue weighted by molar-refractivity contribution is 7.92. The van der Waals surface area contributed by atoms with Crippen molar-refractivity contribution in [2.45, 2.75) is 44.8 Å². The SMILES string of the molecule is COc1ccc(N2C(=S)N[C@@H](c3ccccn3)[C@@H]2c2cc(C)n(C3CC3)c2C)cc1NS(C)(=O)=O. The van der Waals surface area contributed by atoms with E-state index in [0.717, 1.165) is 17.6 Å². The predicted molar refractivity (Wildman–Crippen MR) is 142 cm³/mol. The molecule has 2 N–H and O–H groups in total. The van der Waals surface area contributed by atoms with E-state index in [2.05, 4.69) is 44.4 Å². The van der Waals surface area contributed by atoms with Gasteiger partial charge >= 0.3 is 0 Å². The van der Waals surface area contributed by atoms with E-state index in [1.165, 1.54) is 36.9 Å². The Morgan fingerprint density at radius 1 is 1.17 bits per heavy atom. The second-order valence-electron chi connectivity index (χ2n) is 9.18. The number of sulfonamides is 1. The summed E-state index contributed by atoms with van der Waals surface area (Å²) in [5.74, 6) is 0.432. The van der Waals surface area contributed by atoms with Gasteiger partial charge in [0.2, 0.25) is 10.0 Å². The van der Waals surface area contributed by atoms with Crippen LogP contribution in [0, 0.1) is 13.8 Å². The van der Waals surface area contributed by atoms with E-state index < -0.39 is 10.0 Å². The number of benzene rings is 1. The highest BCUT2D eigenvalue weighted by atomic mass is 32.2. The van der Waals surface area contributed by atoms with Gasteiger partial charge in [0.05, 0.1) is 36.8 Å². The summed E-state index contributed by atoms with van der Waals surface area (Å²) in [6.07, 6.45) is 5.30. The second kappa shape index (κ2) is 8.83. The first kappa shape index (κ1) is 23.6. The summed E-state index contributed by atoms with van der Waals surface area (Å²) in [5, 5.41) is 4.03. The normalized spacial score (nSPS) is 20.1. The molecule has 0 bridgehead atoms. The van der Waals surface area contributed by atoms with Crippen LogP contribution in [0.2, 0.25) is 0 Å². The number of nitrogens with zero attached hydrogens (tertiary/aromatic N) is 3. The van der Waals surface area contributed by atoms with E-state index in [4.69, 9.17) is 17.0 Å². The minimum absolute atomic E-state index is 0.171. The number of aromatic nitrogens is 2. The van der Waals surface area contributed by atoms with Crippen molar-refractivity contribution in [3.8, 4) is 5.75 Å². The van der Waals surface area contributed by atoms with Gasteiger partial charge in [-0.1, -0.05) is 6.07 Å². The van der Waals surface area contributed by atoms with E-state index in [-0.39, 0.29) is 12.1 Å². The molecule has 3 aromatic rings. The summed E-state index contributed by atoms with van der Waals surface area (Å²) in [6.45, 7) is 4.32. The Labute approximate surface area is 211 Å². The third-order valence-electron chi connectivity index (χ3n) is 6.61. The molecule has 2 atom stereocenters. The molecule has 2 aliphatic rings. The first-order valence-corrected chi connectivity index (χ1v) is 13.8. The molecule has 8 nitrogen and oxygen atoms in total. The van der Waals surface area contributed by atoms with Crippen molar-refractivity contribution in [1.82, 2.24) is 14.9 Å². The second-order valence-corrected chi connectivity index (χ2v) is 11.3. The molecule has 1 saturated carbocycles. The summed E-state index contributed by atoms with van der Waals surface area (Å²) < 4.78 is 34.4. The fourth-order valence-electron chi connectivity index (χ4n) is 5.07. The highest BCUT2D eigenvalue weighted by Crippen LogP contribution is 2.46. The van der Waals surface area contributed by atoms with Crippen molar-refractivity contribution in [2.75, 3.05) is 23.0 Å². The maximum atomic E-state index is 12.0. The van der Waals surface area contributed by atoms with Crippen LogP contribution in [0.5, 0.6) is 5.75 Å². The lowest BCUT2D eigenvalue weighted by atomic mass is 9.96. The van der Waals surface area contributed by atoms with Gasteiger partial charge in [0.1, 0.15) is 5.75 Å². The fraction of sp³-hybridized carbons (Fsp3) is 0.360. The number of rotatable bonds is 7. The quantitative estimate of drug-likeness (QED) is 0.455. The van der Waals surface area contributed by atoms with E-state index in [9.17, 15) is 8.42 Å². The smallest absolute Gasteiger partial charge is 0.229 e. The van der Waals surface area contributed by atoms with Crippen LogP contribution in [0.25, 0.3) is 0 Å². The van der Waals surface area contributed by atoms with Gasteiger partial charge in [0.25, 0.3) is 0 Å². The summed E-state index contributed by atoms with van der Waals surface area (Å²) in [5.41, 5.74) is 5.63. The average Bonchev–Trinajstić information content (AvgIpc) is 3.52. The van der Waals surface area contributed by atoms with Crippen LogP contribution in [-0.4, -0.2) is 36.4 Å². The molecule has 2 aromatic heterocycles. The van der Waals surface area contributed by atoms with Crippen molar-refractivity contribution < 1.29 is 13.2 Å². The number of hydrogen-bond donors (Lipinski definition) is 2. The number of methoxy groups -OCH3 is 1. The Morgan fingerprint density at radius 2 is 1.94 bits per heavy atom. The van der Waals surface area contributed by atoms with Crippen molar-refractivity contribution in [3.63, 3.8) is 0 Å². The Balaban J connectivity index is 1.65. The zero-order chi connectivity index (χ0) is 24.9. The van der Waals surface area contributed by atoms with Crippen LogP contribution in [0.3, 0.4) is 0 Å². The van der Waals surface area contributed by atoms with Gasteiger partial charge in [-0.15, -0.1) is 0 Å². The van der Waals surface area contributed by atoms with Gasteiger partial charge in [-0.2, -0.15) is 0 Å². The van der Waals surface area contributed by atoms with Crippen LogP contribution in [0.1, 0.15) is 53.6 Å². The average molecular weight is 512 g/mol. The lowest BCUT2D eigenvalue weighted by Gasteiger charge is -2.29. The van der Waals surface area contributed by atoms with Crippen LogP contribution in [-0.2, 0) is 10.0 Å². The van der Waals surface area contributed by atoms with E-state index in [0.29, 0.717) is 22.6 Å². The Hall–Kier alpha value is -3.11. The van der Waals surface area contributed by atoms with E-state index in [1.54, 1.807) is 18.3 Å². The number of anilines is 2. The molecule has 1 saturated heterocycles. The number of nitrogens with one attached hydrogen (secondary N) is 2. The number of aryl methyl sites for hydroxylation is 1. The van der Waals surface area contributed by atoms with Gasteiger partial charge in [-0.3, -0.25) is 9.71 Å². The maximum Gasteiger partial charge on any atom is 0.229 e.